The number of aromatic amines is 1. The number of unbranched alkanes of at least 4 members (excludes halogenated alkanes) is 3. The Morgan fingerprint density at radius 3 is 2.71 bits per heavy atom. The number of carbonyl (C=O) groups is 1. The van der Waals surface area contributed by atoms with E-state index >= 15 is 0 Å². The zero-order valence-electron chi connectivity index (χ0n) is 11.1. The molecular weight excluding hydrogens is 214 g/mol. The van der Waals surface area contributed by atoms with Crippen LogP contribution in [0, 0.1) is 6.92 Å². The molecule has 1 N–H and O–H groups in total. The van der Waals surface area contributed by atoms with Crippen LogP contribution >= 0.6 is 0 Å². The maximum Gasteiger partial charge on any atom is 0.339 e. The molecule has 0 atom stereocenters. The molecule has 0 bridgehead atoms. The summed E-state index contributed by atoms with van der Waals surface area (Å²) < 4.78 is 5.01. The zero-order valence-corrected chi connectivity index (χ0v) is 11.1. The molecule has 0 aliphatic rings. The molecule has 0 saturated carbocycles. The quantitative estimate of drug-likeness (QED) is 0.581. The van der Waals surface area contributed by atoms with Crippen LogP contribution in [0.25, 0.3) is 0 Å². The van der Waals surface area contributed by atoms with Crippen LogP contribution in [0.2, 0.25) is 0 Å². The molecule has 0 fully saturated rings. The summed E-state index contributed by atoms with van der Waals surface area (Å²) >= 11 is 0. The summed E-state index contributed by atoms with van der Waals surface area (Å²) in [5, 5.41) is 0. The Balaban J connectivity index is 2.52. The molecule has 1 heterocycles. The summed E-state index contributed by atoms with van der Waals surface area (Å²) in [7, 11) is 0. The fourth-order valence-electron chi connectivity index (χ4n) is 1.92. The fourth-order valence-corrected chi connectivity index (χ4v) is 1.92. The van der Waals surface area contributed by atoms with Crippen molar-refractivity contribution >= 4 is 5.97 Å². The minimum atomic E-state index is -0.221. The highest BCUT2D eigenvalue weighted by atomic mass is 16.5. The van der Waals surface area contributed by atoms with Crippen LogP contribution < -0.4 is 0 Å². The van der Waals surface area contributed by atoms with Crippen molar-refractivity contribution in [1.82, 2.24) is 4.98 Å². The summed E-state index contributed by atoms with van der Waals surface area (Å²) in [4.78, 5) is 14.9. The third kappa shape index (κ3) is 4.25. The Morgan fingerprint density at radius 2 is 2.06 bits per heavy atom. The first-order chi connectivity index (χ1) is 8.19. The summed E-state index contributed by atoms with van der Waals surface area (Å²) in [5.74, 6) is -0.221. The average Bonchev–Trinajstić information content (AvgIpc) is 2.66. The molecular formula is C14H23NO2. The van der Waals surface area contributed by atoms with Gasteiger partial charge in [0.1, 0.15) is 0 Å². The van der Waals surface area contributed by atoms with Gasteiger partial charge in [0.15, 0.2) is 0 Å². The van der Waals surface area contributed by atoms with E-state index in [9.17, 15) is 4.79 Å². The van der Waals surface area contributed by atoms with Gasteiger partial charge in [-0.05, 0) is 32.8 Å². The fraction of sp³-hybridized carbons (Fsp3) is 0.643. The predicted molar refractivity (Wildman–Crippen MR) is 69.3 cm³/mol. The number of hydrogen-bond donors (Lipinski definition) is 1. The van der Waals surface area contributed by atoms with E-state index in [2.05, 4.69) is 11.9 Å². The third-order valence-electron chi connectivity index (χ3n) is 2.87. The standard InChI is InChI=1S/C14H23NO2/c1-4-6-7-8-9-12-10-13(11(3)15-12)14(16)17-5-2/h10,15H,4-9H2,1-3H3. The largest absolute Gasteiger partial charge is 0.462 e. The number of aromatic nitrogens is 1. The maximum absolute atomic E-state index is 11.6. The SMILES string of the molecule is CCCCCCc1cc(C(=O)OCC)c(C)[nH]1. The molecule has 17 heavy (non-hydrogen) atoms. The van der Waals surface area contributed by atoms with Crippen LogP contribution in [0.15, 0.2) is 6.07 Å². The Bertz CT molecular complexity index is 355. The number of aryl methyl sites for hydroxylation is 2. The number of hydrogen-bond acceptors (Lipinski definition) is 2. The highest BCUT2D eigenvalue weighted by molar-refractivity contribution is 5.90. The highest BCUT2D eigenvalue weighted by Gasteiger charge is 2.13. The van der Waals surface area contributed by atoms with E-state index < -0.39 is 0 Å². The summed E-state index contributed by atoms with van der Waals surface area (Å²) in [6.45, 7) is 6.38. The molecule has 3 nitrogen and oxygen atoms in total. The second-order valence-electron chi connectivity index (χ2n) is 4.36. The van der Waals surface area contributed by atoms with Crippen molar-refractivity contribution in [2.75, 3.05) is 6.61 Å². The van der Waals surface area contributed by atoms with E-state index in [4.69, 9.17) is 4.74 Å². The molecule has 0 aliphatic carbocycles. The first-order valence-electron chi connectivity index (χ1n) is 6.54. The van der Waals surface area contributed by atoms with Crippen molar-refractivity contribution in [2.45, 2.75) is 52.9 Å². The van der Waals surface area contributed by atoms with Crippen LogP contribution in [0.1, 0.15) is 61.3 Å². The Morgan fingerprint density at radius 1 is 1.29 bits per heavy atom. The number of nitrogens with one attached hydrogen (secondary N) is 1. The van der Waals surface area contributed by atoms with Crippen molar-refractivity contribution in [3.8, 4) is 0 Å². The summed E-state index contributed by atoms with van der Waals surface area (Å²) in [6.07, 6.45) is 5.97. The second-order valence-corrected chi connectivity index (χ2v) is 4.36. The van der Waals surface area contributed by atoms with Gasteiger partial charge in [-0.25, -0.2) is 4.79 Å². The van der Waals surface area contributed by atoms with Crippen LogP contribution in [0.5, 0.6) is 0 Å². The molecule has 1 aromatic heterocycles. The smallest absolute Gasteiger partial charge is 0.339 e. The Kier molecular flexibility index (Phi) is 5.81. The lowest BCUT2D eigenvalue weighted by atomic mass is 10.1. The number of H-pyrrole nitrogens is 1. The summed E-state index contributed by atoms with van der Waals surface area (Å²) in [6, 6.07) is 1.93. The van der Waals surface area contributed by atoms with E-state index in [1.807, 2.05) is 19.9 Å². The van der Waals surface area contributed by atoms with Gasteiger partial charge in [-0.15, -0.1) is 0 Å². The topological polar surface area (TPSA) is 42.1 Å². The normalized spacial score (nSPS) is 10.5. The van der Waals surface area contributed by atoms with E-state index in [1.165, 1.54) is 25.7 Å². The van der Waals surface area contributed by atoms with Crippen LogP contribution in [0.4, 0.5) is 0 Å². The van der Waals surface area contributed by atoms with Gasteiger partial charge in [-0.3, -0.25) is 0 Å². The van der Waals surface area contributed by atoms with Crippen molar-refractivity contribution in [2.24, 2.45) is 0 Å². The molecule has 0 unspecified atom stereocenters. The van der Waals surface area contributed by atoms with Gasteiger partial charge >= 0.3 is 5.97 Å². The summed E-state index contributed by atoms with van der Waals surface area (Å²) in [5.41, 5.74) is 2.73. The first kappa shape index (κ1) is 13.8. The number of esters is 1. The predicted octanol–water partition coefficient (Wildman–Crippen LogP) is 3.62. The van der Waals surface area contributed by atoms with Crippen LogP contribution in [-0.4, -0.2) is 17.6 Å². The van der Waals surface area contributed by atoms with Gasteiger partial charge in [0.05, 0.1) is 12.2 Å². The number of ether oxygens (including phenoxy) is 1. The number of rotatable bonds is 7. The molecule has 0 aromatic carbocycles. The van der Waals surface area contributed by atoms with Gasteiger partial charge in [0, 0.05) is 11.4 Å². The van der Waals surface area contributed by atoms with E-state index in [0.29, 0.717) is 12.2 Å². The molecule has 96 valence electrons. The van der Waals surface area contributed by atoms with Crippen molar-refractivity contribution in [1.29, 1.82) is 0 Å². The monoisotopic (exact) mass is 237 g/mol. The molecule has 0 spiro atoms. The lowest BCUT2D eigenvalue weighted by molar-refractivity contribution is 0.0525. The van der Waals surface area contributed by atoms with Crippen molar-refractivity contribution in [3.05, 3.63) is 23.0 Å². The van der Waals surface area contributed by atoms with E-state index in [0.717, 1.165) is 17.8 Å². The molecule has 0 radical (unpaired) electrons. The van der Waals surface area contributed by atoms with E-state index in [1.54, 1.807) is 0 Å². The molecule has 0 saturated heterocycles. The minimum Gasteiger partial charge on any atom is -0.462 e. The number of carbonyl (C=O) groups excluding carboxylic acids is 1. The van der Waals surface area contributed by atoms with Gasteiger partial charge in [0.25, 0.3) is 0 Å². The van der Waals surface area contributed by atoms with E-state index in [-0.39, 0.29) is 5.97 Å². The van der Waals surface area contributed by atoms with Gasteiger partial charge in [-0.1, -0.05) is 26.2 Å². The van der Waals surface area contributed by atoms with Gasteiger partial charge < -0.3 is 9.72 Å². The maximum atomic E-state index is 11.6. The van der Waals surface area contributed by atoms with Gasteiger partial charge in [-0.2, -0.15) is 0 Å². The van der Waals surface area contributed by atoms with Crippen LogP contribution in [0.3, 0.4) is 0 Å². The minimum absolute atomic E-state index is 0.221. The van der Waals surface area contributed by atoms with Crippen LogP contribution in [-0.2, 0) is 11.2 Å². The molecule has 1 aromatic rings. The Labute approximate surface area is 104 Å². The first-order valence-corrected chi connectivity index (χ1v) is 6.54. The lowest BCUT2D eigenvalue weighted by Crippen LogP contribution is -2.04. The van der Waals surface area contributed by atoms with Gasteiger partial charge in [0.2, 0.25) is 0 Å². The average molecular weight is 237 g/mol. The highest BCUT2D eigenvalue weighted by Crippen LogP contribution is 2.14. The molecule has 0 aliphatic heterocycles. The lowest BCUT2D eigenvalue weighted by Gasteiger charge is -1.98. The molecule has 1 rings (SSSR count). The second kappa shape index (κ2) is 7.15. The molecule has 3 heteroatoms. The van der Waals surface area contributed by atoms with Crippen molar-refractivity contribution < 1.29 is 9.53 Å². The zero-order chi connectivity index (χ0) is 12.7. The third-order valence-corrected chi connectivity index (χ3v) is 2.87. The molecule has 0 amide bonds. The van der Waals surface area contributed by atoms with Crippen molar-refractivity contribution in [3.63, 3.8) is 0 Å². The Hall–Kier alpha value is -1.25.